The van der Waals surface area contributed by atoms with Crippen LogP contribution in [0.5, 0.6) is 11.5 Å². The molecule has 0 aliphatic carbocycles. The summed E-state index contributed by atoms with van der Waals surface area (Å²) in [7, 11) is 0. The fraction of sp³-hybridized carbons (Fsp3) is 0.0667. The van der Waals surface area contributed by atoms with Crippen molar-refractivity contribution in [3.8, 4) is 11.5 Å². The monoisotopic (exact) mass is 284 g/mol. The topological polar surface area (TPSA) is 89.9 Å². The van der Waals surface area contributed by atoms with Gasteiger partial charge in [0.15, 0.2) is 0 Å². The Bertz CT molecular complexity index is 722. The standard InChI is InChI=1S/C15H12N2O4/c18-10-5-9(6-11(19)7-10)15(21)17-8-14(20)16-12-3-1-2-4-13(12)17/h1-7,18-19H,8H2,(H,16,20). The van der Waals surface area contributed by atoms with Crippen molar-refractivity contribution >= 4 is 23.2 Å². The summed E-state index contributed by atoms with van der Waals surface area (Å²) in [6.07, 6.45) is 0. The number of amides is 2. The normalized spacial score (nSPS) is 13.5. The van der Waals surface area contributed by atoms with Gasteiger partial charge in [-0.1, -0.05) is 12.1 Å². The van der Waals surface area contributed by atoms with Gasteiger partial charge in [0.05, 0.1) is 11.4 Å². The first-order valence-corrected chi connectivity index (χ1v) is 6.28. The molecule has 6 nitrogen and oxygen atoms in total. The van der Waals surface area contributed by atoms with E-state index in [1.54, 1.807) is 24.3 Å². The van der Waals surface area contributed by atoms with Crippen molar-refractivity contribution in [2.75, 3.05) is 16.8 Å². The van der Waals surface area contributed by atoms with Crippen LogP contribution in [0.2, 0.25) is 0 Å². The number of carbonyl (C=O) groups is 2. The minimum absolute atomic E-state index is 0.108. The number of para-hydroxylation sites is 2. The first-order valence-electron chi connectivity index (χ1n) is 6.28. The molecule has 0 saturated carbocycles. The maximum Gasteiger partial charge on any atom is 0.259 e. The summed E-state index contributed by atoms with van der Waals surface area (Å²) in [5.74, 6) is -1.20. The third-order valence-electron chi connectivity index (χ3n) is 3.17. The van der Waals surface area contributed by atoms with Gasteiger partial charge in [-0.05, 0) is 24.3 Å². The van der Waals surface area contributed by atoms with E-state index in [0.29, 0.717) is 11.4 Å². The molecule has 0 spiro atoms. The van der Waals surface area contributed by atoms with Crippen LogP contribution in [-0.2, 0) is 4.79 Å². The van der Waals surface area contributed by atoms with Crippen LogP contribution in [0.1, 0.15) is 10.4 Å². The van der Waals surface area contributed by atoms with Gasteiger partial charge in [-0.2, -0.15) is 0 Å². The lowest BCUT2D eigenvalue weighted by molar-refractivity contribution is -0.115. The van der Waals surface area contributed by atoms with E-state index in [1.165, 1.54) is 17.0 Å². The molecule has 1 aliphatic rings. The van der Waals surface area contributed by atoms with Crippen molar-refractivity contribution in [1.29, 1.82) is 0 Å². The van der Waals surface area contributed by atoms with E-state index >= 15 is 0 Å². The van der Waals surface area contributed by atoms with E-state index in [-0.39, 0.29) is 29.5 Å². The van der Waals surface area contributed by atoms with Gasteiger partial charge in [-0.25, -0.2) is 0 Å². The van der Waals surface area contributed by atoms with Gasteiger partial charge < -0.3 is 15.5 Å². The molecule has 0 unspecified atom stereocenters. The Labute approximate surface area is 120 Å². The SMILES string of the molecule is O=C1CN(C(=O)c2cc(O)cc(O)c2)c2ccccc2N1. The third-order valence-corrected chi connectivity index (χ3v) is 3.17. The molecule has 2 amide bonds. The molecule has 0 bridgehead atoms. The fourth-order valence-corrected chi connectivity index (χ4v) is 2.29. The van der Waals surface area contributed by atoms with Crippen LogP contribution >= 0.6 is 0 Å². The van der Waals surface area contributed by atoms with Crippen molar-refractivity contribution < 1.29 is 19.8 Å². The van der Waals surface area contributed by atoms with Gasteiger partial charge in [-0.15, -0.1) is 0 Å². The molecule has 2 aromatic rings. The Morgan fingerprint density at radius 3 is 2.48 bits per heavy atom. The molecule has 0 aromatic heterocycles. The smallest absolute Gasteiger partial charge is 0.259 e. The van der Waals surface area contributed by atoms with E-state index < -0.39 is 5.91 Å². The molecule has 6 heteroatoms. The van der Waals surface area contributed by atoms with Crippen LogP contribution in [0.3, 0.4) is 0 Å². The summed E-state index contributed by atoms with van der Waals surface area (Å²) in [5.41, 5.74) is 1.23. The van der Waals surface area contributed by atoms with Crippen LogP contribution in [0.15, 0.2) is 42.5 Å². The summed E-state index contributed by atoms with van der Waals surface area (Å²) >= 11 is 0. The molecular weight excluding hydrogens is 272 g/mol. The highest BCUT2D eigenvalue weighted by atomic mass is 16.3. The number of carbonyl (C=O) groups excluding carboxylic acids is 2. The molecule has 106 valence electrons. The number of fused-ring (bicyclic) bond motifs is 1. The number of nitrogens with one attached hydrogen (secondary N) is 1. The summed E-state index contributed by atoms with van der Waals surface area (Å²) in [4.78, 5) is 25.5. The molecule has 3 rings (SSSR count). The third kappa shape index (κ3) is 2.38. The lowest BCUT2D eigenvalue weighted by Crippen LogP contribution is -2.42. The predicted molar refractivity (Wildman–Crippen MR) is 76.5 cm³/mol. The average Bonchev–Trinajstić information content (AvgIpc) is 2.44. The van der Waals surface area contributed by atoms with Crippen molar-refractivity contribution in [1.82, 2.24) is 0 Å². The van der Waals surface area contributed by atoms with Crippen LogP contribution < -0.4 is 10.2 Å². The highest BCUT2D eigenvalue weighted by Crippen LogP contribution is 2.31. The van der Waals surface area contributed by atoms with Crippen molar-refractivity contribution in [3.63, 3.8) is 0 Å². The van der Waals surface area contributed by atoms with Crippen molar-refractivity contribution in [2.45, 2.75) is 0 Å². The number of phenols is 2. The lowest BCUT2D eigenvalue weighted by atomic mass is 10.1. The second-order valence-electron chi connectivity index (χ2n) is 4.69. The molecule has 0 saturated heterocycles. The summed E-state index contributed by atoms with van der Waals surface area (Å²) in [5, 5.41) is 21.6. The zero-order chi connectivity index (χ0) is 15.0. The highest BCUT2D eigenvalue weighted by Gasteiger charge is 2.27. The second kappa shape index (κ2) is 4.82. The number of rotatable bonds is 1. The molecule has 21 heavy (non-hydrogen) atoms. The molecule has 2 aromatic carbocycles. The zero-order valence-corrected chi connectivity index (χ0v) is 10.9. The van der Waals surface area contributed by atoms with E-state index in [4.69, 9.17) is 0 Å². The highest BCUT2D eigenvalue weighted by molar-refractivity contribution is 6.15. The van der Waals surface area contributed by atoms with Crippen LogP contribution in [-0.4, -0.2) is 28.6 Å². The molecule has 1 heterocycles. The van der Waals surface area contributed by atoms with E-state index in [0.717, 1.165) is 6.07 Å². The molecule has 0 fully saturated rings. The minimum Gasteiger partial charge on any atom is -0.508 e. The molecule has 0 radical (unpaired) electrons. The van der Waals surface area contributed by atoms with Crippen molar-refractivity contribution in [2.24, 2.45) is 0 Å². The van der Waals surface area contributed by atoms with Crippen LogP contribution in [0.25, 0.3) is 0 Å². The quantitative estimate of drug-likeness (QED) is 0.743. The molecule has 3 N–H and O–H groups in total. The first kappa shape index (κ1) is 13.0. The van der Waals surface area contributed by atoms with E-state index in [2.05, 4.69) is 5.32 Å². The van der Waals surface area contributed by atoms with Gasteiger partial charge in [0.2, 0.25) is 5.91 Å². The number of hydrogen-bond donors (Lipinski definition) is 3. The number of anilines is 2. The Balaban J connectivity index is 2.03. The molecule has 1 aliphatic heterocycles. The number of benzene rings is 2. The summed E-state index contributed by atoms with van der Waals surface area (Å²) in [6, 6.07) is 10.6. The van der Waals surface area contributed by atoms with Gasteiger partial charge in [-0.3, -0.25) is 14.5 Å². The zero-order valence-electron chi connectivity index (χ0n) is 10.9. The largest absolute Gasteiger partial charge is 0.508 e. The Kier molecular flexibility index (Phi) is 2.98. The summed E-state index contributed by atoms with van der Waals surface area (Å²) in [6.45, 7) is -0.119. The lowest BCUT2D eigenvalue weighted by Gasteiger charge is -2.29. The van der Waals surface area contributed by atoms with Crippen molar-refractivity contribution in [3.05, 3.63) is 48.0 Å². The maximum absolute atomic E-state index is 12.5. The Morgan fingerprint density at radius 2 is 1.76 bits per heavy atom. The van der Waals surface area contributed by atoms with Gasteiger partial charge in [0.1, 0.15) is 18.0 Å². The van der Waals surface area contributed by atoms with Gasteiger partial charge in [0.25, 0.3) is 5.91 Å². The van der Waals surface area contributed by atoms with Gasteiger partial charge >= 0.3 is 0 Å². The van der Waals surface area contributed by atoms with Crippen LogP contribution in [0.4, 0.5) is 11.4 Å². The maximum atomic E-state index is 12.5. The number of phenolic OH excluding ortho intramolecular Hbond substituents is 2. The molecule has 0 atom stereocenters. The van der Waals surface area contributed by atoms with E-state index in [1.807, 2.05) is 0 Å². The Hall–Kier alpha value is -3.02. The number of aromatic hydroxyl groups is 2. The second-order valence-corrected chi connectivity index (χ2v) is 4.69. The number of nitrogens with zero attached hydrogens (tertiary/aromatic N) is 1. The van der Waals surface area contributed by atoms with E-state index in [9.17, 15) is 19.8 Å². The minimum atomic E-state index is -0.469. The summed E-state index contributed by atoms with van der Waals surface area (Å²) < 4.78 is 0. The average molecular weight is 284 g/mol. The first-order chi connectivity index (χ1) is 10.0. The fourth-order valence-electron chi connectivity index (χ4n) is 2.29. The molecular formula is C15H12N2O4. The predicted octanol–water partition coefficient (Wildman–Crippen LogP) is 1.70. The van der Waals surface area contributed by atoms with Crippen LogP contribution in [0, 0.1) is 0 Å². The number of hydrogen-bond acceptors (Lipinski definition) is 4. The van der Waals surface area contributed by atoms with Gasteiger partial charge in [0, 0.05) is 11.6 Å². The Morgan fingerprint density at radius 1 is 1.10 bits per heavy atom.